The van der Waals surface area contributed by atoms with Crippen molar-refractivity contribution in [2.45, 2.75) is 96.8 Å². The van der Waals surface area contributed by atoms with Crippen LogP contribution in [-0.4, -0.2) is 29.2 Å². The Kier molecular flexibility index (Phi) is 7.84. The van der Waals surface area contributed by atoms with E-state index in [1.54, 1.807) is 11.9 Å². The average Bonchev–Trinajstić information content (AvgIpc) is 3.50. The van der Waals surface area contributed by atoms with Gasteiger partial charge in [-0.2, -0.15) is 0 Å². The van der Waals surface area contributed by atoms with Gasteiger partial charge in [-0.15, -0.1) is 0 Å². The second-order valence-corrected chi connectivity index (χ2v) is 12.6. The van der Waals surface area contributed by atoms with Gasteiger partial charge in [0.2, 0.25) is 5.91 Å². The van der Waals surface area contributed by atoms with Crippen molar-refractivity contribution in [2.75, 3.05) is 11.9 Å². The SMILES string of the molecule is Cc1ccc(N(C)C(=O)C[C@@H](CCC(=O)O)c2noc(C3CC(CC(C)(C)C)C3)c2C2CC2)c(Cl)c1. The van der Waals surface area contributed by atoms with Gasteiger partial charge in [0.05, 0.1) is 16.4 Å². The molecule has 36 heavy (non-hydrogen) atoms. The molecule has 0 radical (unpaired) electrons. The van der Waals surface area contributed by atoms with Crippen LogP contribution in [0.2, 0.25) is 5.02 Å². The molecule has 0 spiro atoms. The number of amides is 1. The molecule has 2 aliphatic carbocycles. The third-order valence-electron chi connectivity index (χ3n) is 7.63. The lowest BCUT2D eigenvalue weighted by molar-refractivity contribution is -0.137. The second kappa shape index (κ2) is 10.6. The summed E-state index contributed by atoms with van der Waals surface area (Å²) in [6, 6.07) is 5.60. The van der Waals surface area contributed by atoms with E-state index in [0.29, 0.717) is 40.3 Å². The topological polar surface area (TPSA) is 83.6 Å². The van der Waals surface area contributed by atoms with Gasteiger partial charge in [-0.1, -0.05) is 43.6 Å². The summed E-state index contributed by atoms with van der Waals surface area (Å²) in [5.41, 5.74) is 3.94. The maximum absolute atomic E-state index is 13.4. The zero-order valence-electron chi connectivity index (χ0n) is 22.1. The molecule has 1 aromatic heterocycles. The van der Waals surface area contributed by atoms with Crippen molar-refractivity contribution >= 4 is 29.2 Å². The lowest BCUT2D eigenvalue weighted by Crippen LogP contribution is -2.28. The molecule has 7 heteroatoms. The monoisotopic (exact) mass is 514 g/mol. The summed E-state index contributed by atoms with van der Waals surface area (Å²) < 4.78 is 5.98. The lowest BCUT2D eigenvalue weighted by Gasteiger charge is -2.38. The van der Waals surface area contributed by atoms with Gasteiger partial charge in [0.1, 0.15) is 5.76 Å². The van der Waals surface area contributed by atoms with Gasteiger partial charge >= 0.3 is 5.97 Å². The number of rotatable bonds is 10. The molecule has 6 nitrogen and oxygen atoms in total. The Hall–Kier alpha value is -2.34. The number of anilines is 1. The van der Waals surface area contributed by atoms with Crippen molar-refractivity contribution in [3.63, 3.8) is 0 Å². The molecule has 0 unspecified atom stereocenters. The number of benzene rings is 1. The minimum absolute atomic E-state index is 0.0175. The first-order valence-corrected chi connectivity index (χ1v) is 13.5. The number of carboxylic acid groups (broad SMARTS) is 1. The summed E-state index contributed by atoms with van der Waals surface area (Å²) in [6.07, 6.45) is 6.10. The van der Waals surface area contributed by atoms with E-state index in [-0.39, 0.29) is 24.7 Å². The predicted octanol–water partition coefficient (Wildman–Crippen LogP) is 7.45. The summed E-state index contributed by atoms with van der Waals surface area (Å²) in [7, 11) is 1.72. The Morgan fingerprint density at radius 1 is 1.22 bits per heavy atom. The fourth-order valence-corrected chi connectivity index (χ4v) is 6.04. The van der Waals surface area contributed by atoms with Gasteiger partial charge in [-0.05, 0) is 80.4 Å². The van der Waals surface area contributed by atoms with E-state index in [0.717, 1.165) is 48.3 Å². The van der Waals surface area contributed by atoms with Crippen molar-refractivity contribution in [3.8, 4) is 0 Å². The van der Waals surface area contributed by atoms with Crippen LogP contribution < -0.4 is 4.90 Å². The molecule has 1 atom stereocenters. The van der Waals surface area contributed by atoms with Gasteiger partial charge in [0.15, 0.2) is 0 Å². The number of nitrogens with zero attached hydrogens (tertiary/aromatic N) is 2. The van der Waals surface area contributed by atoms with E-state index >= 15 is 0 Å². The number of aryl methyl sites for hydroxylation is 1. The molecule has 2 fully saturated rings. The molecule has 1 amide bonds. The lowest BCUT2D eigenvalue weighted by atomic mass is 9.66. The zero-order chi connectivity index (χ0) is 26.2. The molecular weight excluding hydrogens is 476 g/mol. The number of carbonyl (C=O) groups excluding carboxylic acids is 1. The molecule has 4 rings (SSSR count). The van der Waals surface area contributed by atoms with Crippen LogP contribution in [0, 0.1) is 18.3 Å². The van der Waals surface area contributed by atoms with E-state index in [1.165, 1.54) is 6.42 Å². The molecule has 2 saturated carbocycles. The number of aromatic nitrogens is 1. The maximum atomic E-state index is 13.4. The molecule has 0 bridgehead atoms. The van der Waals surface area contributed by atoms with Crippen LogP contribution in [-0.2, 0) is 9.59 Å². The molecule has 1 aromatic carbocycles. The average molecular weight is 515 g/mol. The van der Waals surface area contributed by atoms with E-state index in [4.69, 9.17) is 16.1 Å². The Morgan fingerprint density at radius 3 is 2.50 bits per heavy atom. The van der Waals surface area contributed by atoms with Crippen molar-refractivity contribution in [1.82, 2.24) is 5.16 Å². The van der Waals surface area contributed by atoms with Gasteiger partial charge in [-0.25, -0.2) is 0 Å². The third-order valence-corrected chi connectivity index (χ3v) is 7.93. The number of aliphatic carboxylic acids is 1. The van der Waals surface area contributed by atoms with E-state index in [1.807, 2.05) is 25.1 Å². The Morgan fingerprint density at radius 2 is 1.92 bits per heavy atom. The highest BCUT2D eigenvalue weighted by atomic mass is 35.5. The fourth-order valence-electron chi connectivity index (χ4n) is 5.68. The van der Waals surface area contributed by atoms with Crippen LogP contribution in [0.1, 0.15) is 112 Å². The summed E-state index contributed by atoms with van der Waals surface area (Å²) in [5.74, 6) is 1.18. The zero-order valence-corrected chi connectivity index (χ0v) is 22.9. The molecule has 1 heterocycles. The van der Waals surface area contributed by atoms with Crippen LogP contribution in [0.5, 0.6) is 0 Å². The van der Waals surface area contributed by atoms with Gasteiger partial charge in [0.25, 0.3) is 0 Å². The standard InChI is InChI=1S/C29H39ClN2O4/c1-17-6-10-23(22(30)12-17)32(5)24(33)15-20(9-11-25(34)35)27-26(19-7-8-19)28(36-31-27)21-13-18(14-21)16-29(2,3)4/h6,10,12,18-21H,7-9,11,13-16H2,1-5H3,(H,34,35)/t18?,20-,21?/m1/s1. The molecule has 196 valence electrons. The first-order valence-electron chi connectivity index (χ1n) is 13.2. The maximum Gasteiger partial charge on any atom is 0.303 e. The number of hydrogen-bond acceptors (Lipinski definition) is 4. The smallest absolute Gasteiger partial charge is 0.303 e. The summed E-state index contributed by atoms with van der Waals surface area (Å²) in [4.78, 5) is 26.4. The van der Waals surface area contributed by atoms with E-state index < -0.39 is 5.97 Å². The minimum Gasteiger partial charge on any atom is -0.481 e. The highest BCUT2D eigenvalue weighted by Crippen LogP contribution is 2.53. The summed E-state index contributed by atoms with van der Waals surface area (Å²) in [5, 5.41) is 14.4. The largest absolute Gasteiger partial charge is 0.481 e. The first kappa shape index (κ1) is 26.7. The number of halogens is 1. The highest BCUT2D eigenvalue weighted by Gasteiger charge is 2.42. The van der Waals surface area contributed by atoms with Gasteiger partial charge < -0.3 is 14.5 Å². The summed E-state index contributed by atoms with van der Waals surface area (Å²) in [6.45, 7) is 8.81. The number of carboxylic acids is 1. The quantitative estimate of drug-likeness (QED) is 0.356. The Labute approximate surface area is 219 Å². The van der Waals surface area contributed by atoms with E-state index in [2.05, 4.69) is 25.9 Å². The highest BCUT2D eigenvalue weighted by molar-refractivity contribution is 6.33. The Bertz CT molecular complexity index is 1110. The molecule has 0 aliphatic heterocycles. The van der Waals surface area contributed by atoms with Gasteiger partial charge in [-0.3, -0.25) is 9.59 Å². The van der Waals surface area contributed by atoms with Gasteiger partial charge in [0, 0.05) is 37.3 Å². The Balaban J connectivity index is 1.55. The van der Waals surface area contributed by atoms with Crippen LogP contribution in [0.25, 0.3) is 0 Å². The van der Waals surface area contributed by atoms with Crippen molar-refractivity contribution < 1.29 is 19.2 Å². The fraction of sp³-hybridized carbons (Fsp3) is 0.621. The third kappa shape index (κ3) is 6.31. The second-order valence-electron chi connectivity index (χ2n) is 12.2. The summed E-state index contributed by atoms with van der Waals surface area (Å²) >= 11 is 6.41. The molecule has 1 N–H and O–H groups in total. The van der Waals surface area contributed by atoms with Crippen molar-refractivity contribution in [1.29, 1.82) is 0 Å². The molecule has 0 saturated heterocycles. The van der Waals surface area contributed by atoms with Crippen LogP contribution >= 0.6 is 11.6 Å². The first-order chi connectivity index (χ1) is 16.9. The number of hydrogen-bond donors (Lipinski definition) is 1. The predicted molar refractivity (Wildman–Crippen MR) is 142 cm³/mol. The van der Waals surface area contributed by atoms with Crippen molar-refractivity contribution in [3.05, 3.63) is 45.8 Å². The van der Waals surface area contributed by atoms with Crippen LogP contribution in [0.15, 0.2) is 22.7 Å². The van der Waals surface area contributed by atoms with Crippen LogP contribution in [0.3, 0.4) is 0 Å². The molecular formula is C29H39ClN2O4. The van der Waals surface area contributed by atoms with Crippen LogP contribution in [0.4, 0.5) is 5.69 Å². The molecule has 2 aliphatic rings. The normalized spacial score (nSPS) is 20.6. The minimum atomic E-state index is -0.872. The van der Waals surface area contributed by atoms with E-state index in [9.17, 15) is 14.7 Å². The van der Waals surface area contributed by atoms with Crippen molar-refractivity contribution in [2.24, 2.45) is 11.3 Å². The molecule has 2 aromatic rings. The number of carbonyl (C=O) groups is 2.